The summed E-state index contributed by atoms with van der Waals surface area (Å²) >= 11 is 0. The number of aliphatic hydroxyl groups is 1. The molecule has 1 rings (SSSR count). The molecule has 0 saturated carbocycles. The zero-order chi connectivity index (χ0) is 15.2. The van der Waals surface area contributed by atoms with Gasteiger partial charge in [-0.05, 0) is 40.1 Å². The third-order valence-corrected chi connectivity index (χ3v) is 3.20. The predicted molar refractivity (Wildman–Crippen MR) is 78.3 cm³/mol. The van der Waals surface area contributed by atoms with Gasteiger partial charge in [0, 0.05) is 23.8 Å². The number of nitrogens with zero attached hydrogens (tertiary/aromatic N) is 2. The monoisotopic (exact) mass is 275 g/mol. The Morgan fingerprint density at radius 3 is 2.65 bits per heavy atom. The van der Waals surface area contributed by atoms with Crippen LogP contribution in [0, 0.1) is 11.8 Å². The first kappa shape index (κ1) is 16.2. The molecule has 0 bridgehead atoms. The van der Waals surface area contributed by atoms with E-state index in [2.05, 4.69) is 22.1 Å². The number of aliphatic hydroxyl groups excluding tert-OH is 1. The lowest BCUT2D eigenvalue weighted by Crippen LogP contribution is -2.48. The molecule has 20 heavy (non-hydrogen) atoms. The number of hydrogen-bond donors (Lipinski definition) is 2. The molecule has 1 aromatic rings. The second-order valence-corrected chi connectivity index (χ2v) is 5.28. The van der Waals surface area contributed by atoms with E-state index >= 15 is 0 Å². The van der Waals surface area contributed by atoms with Gasteiger partial charge in [-0.25, -0.2) is 4.98 Å². The maximum absolute atomic E-state index is 12.0. The third kappa shape index (κ3) is 4.65. The van der Waals surface area contributed by atoms with Crippen molar-refractivity contribution in [2.45, 2.75) is 19.4 Å². The molecule has 5 nitrogen and oxygen atoms in total. The fourth-order valence-electron chi connectivity index (χ4n) is 1.29. The molecule has 0 radical (unpaired) electrons. The van der Waals surface area contributed by atoms with Gasteiger partial charge >= 0.3 is 0 Å². The standard InChI is InChI=1S/C15H21N3O2/c1-15(2,18(3)4)11-17-14(20)13-8-7-12(10-16-13)6-5-9-19/h7-8,10,19H,9,11H2,1-4H3,(H,17,20). The van der Waals surface area contributed by atoms with Gasteiger partial charge in [-0.3, -0.25) is 4.79 Å². The molecular formula is C15H21N3O2. The van der Waals surface area contributed by atoms with E-state index in [9.17, 15) is 4.79 Å². The Balaban J connectivity index is 2.65. The molecular weight excluding hydrogens is 254 g/mol. The number of rotatable bonds is 4. The second kappa shape index (κ2) is 7.04. The Morgan fingerprint density at radius 1 is 1.45 bits per heavy atom. The topological polar surface area (TPSA) is 65.5 Å². The molecule has 1 amide bonds. The Morgan fingerprint density at radius 2 is 2.15 bits per heavy atom. The highest BCUT2D eigenvalue weighted by Gasteiger charge is 2.21. The van der Waals surface area contributed by atoms with Crippen LogP contribution in [0.15, 0.2) is 18.3 Å². The van der Waals surface area contributed by atoms with Crippen LogP contribution in [0.5, 0.6) is 0 Å². The van der Waals surface area contributed by atoms with Crippen molar-refractivity contribution >= 4 is 5.91 Å². The quantitative estimate of drug-likeness (QED) is 0.785. The minimum Gasteiger partial charge on any atom is -0.384 e. The van der Waals surface area contributed by atoms with E-state index in [4.69, 9.17) is 5.11 Å². The van der Waals surface area contributed by atoms with Crippen molar-refractivity contribution in [2.24, 2.45) is 0 Å². The summed E-state index contributed by atoms with van der Waals surface area (Å²) in [6, 6.07) is 3.33. The van der Waals surface area contributed by atoms with Gasteiger partial charge in [-0.2, -0.15) is 0 Å². The van der Waals surface area contributed by atoms with Crippen LogP contribution < -0.4 is 5.32 Å². The van der Waals surface area contributed by atoms with E-state index in [1.807, 2.05) is 32.8 Å². The first-order valence-electron chi connectivity index (χ1n) is 6.38. The van der Waals surface area contributed by atoms with Crippen LogP contribution in [0.1, 0.15) is 29.9 Å². The van der Waals surface area contributed by atoms with Crippen molar-refractivity contribution in [2.75, 3.05) is 27.2 Å². The van der Waals surface area contributed by atoms with Gasteiger partial charge in [-0.1, -0.05) is 11.8 Å². The molecule has 1 aromatic heterocycles. The number of carbonyl (C=O) groups excluding carboxylic acids is 1. The number of hydrogen-bond acceptors (Lipinski definition) is 4. The normalized spacial score (nSPS) is 10.9. The molecule has 1 heterocycles. The molecule has 0 atom stereocenters. The summed E-state index contributed by atoms with van der Waals surface area (Å²) in [5.74, 6) is 5.05. The summed E-state index contributed by atoms with van der Waals surface area (Å²) in [6.07, 6.45) is 1.52. The SMILES string of the molecule is CN(C)C(C)(C)CNC(=O)c1ccc(C#CCO)cn1. The first-order valence-corrected chi connectivity index (χ1v) is 6.38. The largest absolute Gasteiger partial charge is 0.384 e. The Hall–Kier alpha value is -1.90. The van der Waals surface area contributed by atoms with Crippen LogP contribution in [0.3, 0.4) is 0 Å². The number of aromatic nitrogens is 1. The third-order valence-electron chi connectivity index (χ3n) is 3.20. The average Bonchev–Trinajstić information content (AvgIpc) is 2.43. The number of amides is 1. The Labute approximate surface area is 120 Å². The van der Waals surface area contributed by atoms with E-state index in [1.165, 1.54) is 6.20 Å². The van der Waals surface area contributed by atoms with Gasteiger partial charge in [0.15, 0.2) is 0 Å². The molecule has 0 aliphatic carbocycles. The van der Waals surface area contributed by atoms with Gasteiger partial charge in [0.05, 0.1) is 0 Å². The van der Waals surface area contributed by atoms with Crippen LogP contribution in [0.2, 0.25) is 0 Å². The molecule has 5 heteroatoms. The smallest absolute Gasteiger partial charge is 0.269 e. The summed E-state index contributed by atoms with van der Waals surface area (Å²) in [5.41, 5.74) is 0.903. The second-order valence-electron chi connectivity index (χ2n) is 5.28. The molecule has 0 aliphatic rings. The highest BCUT2D eigenvalue weighted by molar-refractivity contribution is 5.92. The number of nitrogens with one attached hydrogen (secondary N) is 1. The van der Waals surface area contributed by atoms with Gasteiger partial charge in [0.2, 0.25) is 0 Å². The Kier molecular flexibility index (Phi) is 5.68. The van der Waals surface area contributed by atoms with Crippen LogP contribution in [-0.2, 0) is 0 Å². The van der Waals surface area contributed by atoms with Crippen molar-refractivity contribution in [1.29, 1.82) is 0 Å². The van der Waals surface area contributed by atoms with Crippen LogP contribution in [0.4, 0.5) is 0 Å². The zero-order valence-electron chi connectivity index (χ0n) is 12.4. The minimum atomic E-state index is -0.207. The molecule has 0 aliphatic heterocycles. The summed E-state index contributed by atoms with van der Waals surface area (Å²) in [5, 5.41) is 11.5. The first-order chi connectivity index (χ1) is 9.36. The summed E-state index contributed by atoms with van der Waals surface area (Å²) in [7, 11) is 3.94. The molecule has 0 saturated heterocycles. The Bertz CT molecular complexity index is 510. The lowest BCUT2D eigenvalue weighted by atomic mass is 10.0. The van der Waals surface area contributed by atoms with E-state index in [1.54, 1.807) is 12.1 Å². The number of likely N-dealkylation sites (N-methyl/N-ethyl adjacent to an activating group) is 1. The summed E-state index contributed by atoms with van der Waals surface area (Å²) in [6.45, 7) is 4.44. The van der Waals surface area contributed by atoms with Crippen LogP contribution in [-0.4, -0.2) is 53.7 Å². The number of carbonyl (C=O) groups is 1. The molecule has 0 unspecified atom stereocenters. The molecule has 0 aromatic carbocycles. The van der Waals surface area contributed by atoms with Crippen molar-refractivity contribution in [1.82, 2.24) is 15.2 Å². The lowest BCUT2D eigenvalue weighted by molar-refractivity contribution is 0.0914. The lowest BCUT2D eigenvalue weighted by Gasteiger charge is -2.32. The van der Waals surface area contributed by atoms with Crippen molar-refractivity contribution < 1.29 is 9.90 Å². The van der Waals surface area contributed by atoms with Crippen molar-refractivity contribution in [3.8, 4) is 11.8 Å². The van der Waals surface area contributed by atoms with Gasteiger partial charge in [0.25, 0.3) is 5.91 Å². The van der Waals surface area contributed by atoms with E-state index in [0.717, 1.165) is 0 Å². The highest BCUT2D eigenvalue weighted by atomic mass is 16.2. The van der Waals surface area contributed by atoms with Crippen LogP contribution in [0.25, 0.3) is 0 Å². The summed E-state index contributed by atoms with van der Waals surface area (Å²) in [4.78, 5) is 18.1. The molecule has 0 fully saturated rings. The predicted octanol–water partition coefficient (Wildman–Crippen LogP) is 0.495. The fraction of sp³-hybridized carbons (Fsp3) is 0.467. The fourth-order valence-corrected chi connectivity index (χ4v) is 1.29. The summed E-state index contributed by atoms with van der Waals surface area (Å²) < 4.78 is 0. The maximum Gasteiger partial charge on any atom is 0.269 e. The van der Waals surface area contributed by atoms with Crippen molar-refractivity contribution in [3.63, 3.8) is 0 Å². The minimum absolute atomic E-state index is 0.123. The van der Waals surface area contributed by atoms with E-state index in [0.29, 0.717) is 17.8 Å². The molecule has 108 valence electrons. The van der Waals surface area contributed by atoms with Gasteiger partial charge in [-0.15, -0.1) is 0 Å². The zero-order valence-corrected chi connectivity index (χ0v) is 12.4. The van der Waals surface area contributed by atoms with Crippen molar-refractivity contribution in [3.05, 3.63) is 29.6 Å². The highest BCUT2D eigenvalue weighted by Crippen LogP contribution is 2.08. The molecule has 2 N–H and O–H groups in total. The maximum atomic E-state index is 12.0. The van der Waals surface area contributed by atoms with Crippen LogP contribution >= 0.6 is 0 Å². The molecule has 0 spiro atoms. The van der Waals surface area contributed by atoms with E-state index in [-0.39, 0.29) is 18.1 Å². The van der Waals surface area contributed by atoms with Gasteiger partial charge in [0.1, 0.15) is 12.3 Å². The van der Waals surface area contributed by atoms with E-state index < -0.39 is 0 Å². The number of pyridine rings is 1. The van der Waals surface area contributed by atoms with Gasteiger partial charge < -0.3 is 15.3 Å². The average molecular weight is 275 g/mol.